The highest BCUT2D eigenvalue weighted by molar-refractivity contribution is 6.30. The van der Waals surface area contributed by atoms with Crippen LogP contribution in [-0.2, 0) is 6.54 Å². The van der Waals surface area contributed by atoms with E-state index in [4.69, 9.17) is 17.3 Å². The molecule has 0 saturated carbocycles. The lowest BCUT2D eigenvalue weighted by molar-refractivity contribution is 0.310. The highest BCUT2D eigenvalue weighted by Crippen LogP contribution is 2.22. The van der Waals surface area contributed by atoms with Gasteiger partial charge in [-0.2, -0.15) is 0 Å². The van der Waals surface area contributed by atoms with Crippen LogP contribution in [0.15, 0.2) is 24.3 Å². The Labute approximate surface area is 109 Å². The van der Waals surface area contributed by atoms with Crippen LogP contribution < -0.4 is 5.73 Å². The van der Waals surface area contributed by atoms with Gasteiger partial charge in [-0.25, -0.2) is 0 Å². The van der Waals surface area contributed by atoms with Crippen molar-refractivity contribution in [2.24, 2.45) is 11.7 Å². The van der Waals surface area contributed by atoms with E-state index in [0.717, 1.165) is 23.9 Å². The molecule has 0 amide bonds. The van der Waals surface area contributed by atoms with Gasteiger partial charge in [0.05, 0.1) is 0 Å². The maximum atomic E-state index is 5.88. The quantitative estimate of drug-likeness (QED) is 0.893. The van der Waals surface area contributed by atoms with Crippen LogP contribution in [0.1, 0.15) is 25.3 Å². The van der Waals surface area contributed by atoms with Crippen LogP contribution in [0.5, 0.6) is 0 Å². The summed E-state index contributed by atoms with van der Waals surface area (Å²) in [7, 11) is 0. The predicted molar refractivity (Wildman–Crippen MR) is 73.1 cm³/mol. The smallest absolute Gasteiger partial charge is 0.0406 e. The molecule has 2 atom stereocenters. The highest BCUT2D eigenvalue weighted by Gasteiger charge is 2.22. The number of likely N-dealkylation sites (tertiary alicyclic amines) is 1. The Kier molecular flexibility index (Phi) is 4.43. The number of hydrogen-bond acceptors (Lipinski definition) is 2. The molecule has 2 nitrogen and oxygen atoms in total. The van der Waals surface area contributed by atoms with E-state index in [9.17, 15) is 0 Å². The molecule has 0 radical (unpaired) electrons. The maximum absolute atomic E-state index is 5.88. The van der Waals surface area contributed by atoms with Crippen molar-refractivity contribution in [2.45, 2.75) is 32.4 Å². The van der Waals surface area contributed by atoms with Gasteiger partial charge in [-0.05, 0) is 49.9 Å². The van der Waals surface area contributed by atoms with Crippen LogP contribution in [0.25, 0.3) is 0 Å². The fourth-order valence-corrected chi connectivity index (χ4v) is 2.75. The van der Waals surface area contributed by atoms with Crippen LogP contribution in [0.3, 0.4) is 0 Å². The monoisotopic (exact) mass is 252 g/mol. The predicted octanol–water partition coefficient (Wildman–Crippen LogP) is 2.90. The third-order valence-corrected chi connectivity index (χ3v) is 3.65. The molecule has 0 bridgehead atoms. The first kappa shape index (κ1) is 12.9. The summed E-state index contributed by atoms with van der Waals surface area (Å²) in [5.41, 5.74) is 7.20. The molecule has 1 fully saturated rings. The molecule has 2 unspecified atom stereocenters. The van der Waals surface area contributed by atoms with Gasteiger partial charge in [0.1, 0.15) is 0 Å². The SMILES string of the molecule is CC(N)CC1CCN(Cc2ccc(Cl)cc2)C1. The second kappa shape index (κ2) is 5.85. The van der Waals surface area contributed by atoms with Gasteiger partial charge in [0.15, 0.2) is 0 Å². The molecule has 0 aliphatic carbocycles. The third-order valence-electron chi connectivity index (χ3n) is 3.39. The number of nitrogens with two attached hydrogens (primary N) is 1. The van der Waals surface area contributed by atoms with Crippen LogP contribution in [-0.4, -0.2) is 24.0 Å². The zero-order chi connectivity index (χ0) is 12.3. The second-order valence-corrected chi connectivity index (χ2v) is 5.67. The normalized spacial score (nSPS) is 22.9. The number of nitrogens with zero attached hydrogens (tertiary/aromatic N) is 1. The minimum atomic E-state index is 0.329. The van der Waals surface area contributed by atoms with Gasteiger partial charge in [-0.3, -0.25) is 4.90 Å². The lowest BCUT2D eigenvalue weighted by Crippen LogP contribution is -2.23. The lowest BCUT2D eigenvalue weighted by atomic mass is 10.0. The molecule has 1 saturated heterocycles. The topological polar surface area (TPSA) is 29.3 Å². The molecular formula is C14H21ClN2. The van der Waals surface area contributed by atoms with Crippen molar-refractivity contribution in [3.05, 3.63) is 34.9 Å². The Morgan fingerprint density at radius 3 is 2.76 bits per heavy atom. The molecule has 0 spiro atoms. The summed E-state index contributed by atoms with van der Waals surface area (Å²) < 4.78 is 0. The summed E-state index contributed by atoms with van der Waals surface area (Å²) in [6, 6.07) is 8.48. The molecule has 1 aromatic carbocycles. The van der Waals surface area contributed by atoms with E-state index in [1.807, 2.05) is 12.1 Å². The van der Waals surface area contributed by atoms with Crippen LogP contribution in [0.4, 0.5) is 0 Å². The van der Waals surface area contributed by atoms with Crippen molar-refractivity contribution >= 4 is 11.6 Å². The average Bonchev–Trinajstić information content (AvgIpc) is 2.68. The van der Waals surface area contributed by atoms with Gasteiger partial charge in [-0.15, -0.1) is 0 Å². The number of rotatable bonds is 4. The number of hydrogen-bond donors (Lipinski definition) is 1. The van der Waals surface area contributed by atoms with Gasteiger partial charge in [0.25, 0.3) is 0 Å². The first-order chi connectivity index (χ1) is 8.13. The van der Waals surface area contributed by atoms with E-state index in [-0.39, 0.29) is 0 Å². The largest absolute Gasteiger partial charge is 0.328 e. The zero-order valence-electron chi connectivity index (χ0n) is 10.4. The Hall–Kier alpha value is -0.570. The summed E-state index contributed by atoms with van der Waals surface area (Å²) in [4.78, 5) is 2.51. The van der Waals surface area contributed by atoms with Crippen LogP contribution in [0, 0.1) is 5.92 Å². The highest BCUT2D eigenvalue weighted by atomic mass is 35.5. The van der Waals surface area contributed by atoms with Crippen LogP contribution in [0.2, 0.25) is 5.02 Å². The molecule has 0 aromatic heterocycles. The molecule has 1 aliphatic heterocycles. The molecule has 1 aromatic rings. The summed E-state index contributed by atoms with van der Waals surface area (Å²) in [6.07, 6.45) is 2.44. The first-order valence-corrected chi connectivity index (χ1v) is 6.73. The molecule has 2 rings (SSSR count). The minimum Gasteiger partial charge on any atom is -0.328 e. The maximum Gasteiger partial charge on any atom is 0.0406 e. The fourth-order valence-electron chi connectivity index (χ4n) is 2.62. The fraction of sp³-hybridized carbons (Fsp3) is 0.571. The van der Waals surface area contributed by atoms with E-state index in [1.165, 1.54) is 25.1 Å². The summed E-state index contributed by atoms with van der Waals surface area (Å²) in [5, 5.41) is 0.810. The second-order valence-electron chi connectivity index (χ2n) is 5.23. The number of halogens is 1. The van der Waals surface area contributed by atoms with E-state index in [1.54, 1.807) is 0 Å². The third kappa shape index (κ3) is 3.98. The molecule has 1 heterocycles. The lowest BCUT2D eigenvalue weighted by Gasteiger charge is -2.17. The van der Waals surface area contributed by atoms with E-state index >= 15 is 0 Å². The Morgan fingerprint density at radius 1 is 1.41 bits per heavy atom. The van der Waals surface area contributed by atoms with Crippen molar-refractivity contribution < 1.29 is 0 Å². The van der Waals surface area contributed by atoms with E-state index in [0.29, 0.717) is 6.04 Å². The van der Waals surface area contributed by atoms with Gasteiger partial charge in [-0.1, -0.05) is 23.7 Å². The molecule has 1 aliphatic rings. The molecule has 17 heavy (non-hydrogen) atoms. The Balaban J connectivity index is 1.83. The van der Waals surface area contributed by atoms with Crippen LogP contribution >= 0.6 is 11.6 Å². The van der Waals surface area contributed by atoms with Crippen molar-refractivity contribution in [2.75, 3.05) is 13.1 Å². The summed E-state index contributed by atoms with van der Waals surface area (Å²) in [6.45, 7) is 5.51. The standard InChI is InChI=1S/C14H21ClN2/c1-11(16)8-13-6-7-17(10-13)9-12-2-4-14(15)5-3-12/h2-5,11,13H,6-10,16H2,1H3. The van der Waals surface area contributed by atoms with E-state index in [2.05, 4.69) is 24.0 Å². The zero-order valence-corrected chi connectivity index (χ0v) is 11.2. The van der Waals surface area contributed by atoms with Crippen molar-refractivity contribution in [1.29, 1.82) is 0 Å². The van der Waals surface area contributed by atoms with Crippen molar-refractivity contribution in [3.63, 3.8) is 0 Å². The Morgan fingerprint density at radius 2 is 2.12 bits per heavy atom. The summed E-state index contributed by atoms with van der Waals surface area (Å²) in [5.74, 6) is 0.780. The average molecular weight is 253 g/mol. The first-order valence-electron chi connectivity index (χ1n) is 6.36. The van der Waals surface area contributed by atoms with Gasteiger partial charge in [0.2, 0.25) is 0 Å². The minimum absolute atomic E-state index is 0.329. The molecule has 2 N–H and O–H groups in total. The summed E-state index contributed by atoms with van der Waals surface area (Å²) >= 11 is 5.88. The van der Waals surface area contributed by atoms with Crippen molar-refractivity contribution in [3.8, 4) is 0 Å². The van der Waals surface area contributed by atoms with Gasteiger partial charge in [0, 0.05) is 24.2 Å². The van der Waals surface area contributed by atoms with Crippen molar-refractivity contribution in [1.82, 2.24) is 4.90 Å². The molecule has 3 heteroatoms. The molecule has 94 valence electrons. The molecular weight excluding hydrogens is 232 g/mol. The Bertz CT molecular complexity index is 348. The van der Waals surface area contributed by atoms with Gasteiger partial charge < -0.3 is 5.73 Å². The van der Waals surface area contributed by atoms with E-state index < -0.39 is 0 Å². The van der Waals surface area contributed by atoms with Gasteiger partial charge >= 0.3 is 0 Å². The number of benzene rings is 1.